The molecule has 1 atom stereocenters. The van der Waals surface area contributed by atoms with Gasteiger partial charge in [-0.05, 0) is 54.8 Å². The number of likely N-dealkylation sites (N-methyl/N-ethyl adjacent to an activating group) is 1. The Labute approximate surface area is 195 Å². The fourth-order valence-corrected chi connectivity index (χ4v) is 4.71. The highest BCUT2D eigenvalue weighted by Crippen LogP contribution is 2.34. The van der Waals surface area contributed by atoms with Crippen molar-refractivity contribution in [3.63, 3.8) is 0 Å². The summed E-state index contributed by atoms with van der Waals surface area (Å²) >= 11 is 1.79. The van der Waals surface area contributed by atoms with Gasteiger partial charge in [0.1, 0.15) is 5.82 Å². The number of pyridine rings is 1. The Kier molecular flexibility index (Phi) is 9.38. The Balaban J connectivity index is 0.00000160. The van der Waals surface area contributed by atoms with Crippen LogP contribution in [0.15, 0.2) is 41.8 Å². The molecule has 164 valence electrons. The number of rotatable bonds is 6. The van der Waals surface area contributed by atoms with E-state index in [9.17, 15) is 5.11 Å². The molecule has 7 heteroatoms. The first-order chi connectivity index (χ1) is 13.6. The van der Waals surface area contributed by atoms with E-state index in [1.165, 1.54) is 15.6 Å². The minimum Gasteiger partial charge on any atom is -0.393 e. The van der Waals surface area contributed by atoms with E-state index in [2.05, 4.69) is 58.5 Å². The van der Waals surface area contributed by atoms with Crippen LogP contribution in [0.2, 0.25) is 0 Å². The zero-order valence-electron chi connectivity index (χ0n) is 17.6. The third kappa shape index (κ3) is 5.65. The largest absolute Gasteiger partial charge is 0.393 e. The lowest BCUT2D eigenvalue weighted by atomic mass is 10.0. The first kappa shape index (κ1) is 24.9. The molecule has 4 nitrogen and oxygen atoms in total. The highest BCUT2D eigenvalue weighted by Gasteiger charge is 2.20. The zero-order chi connectivity index (χ0) is 19.5. The van der Waals surface area contributed by atoms with Gasteiger partial charge in [-0.3, -0.25) is 0 Å². The van der Waals surface area contributed by atoms with Crippen LogP contribution in [-0.2, 0) is 6.42 Å². The SMILES string of the molecule is CCN1CCN(c2nc(-c3ccc(CCC(C)O)cc3)cc3ccsc23)CC1.Cl.Cl. The minimum atomic E-state index is -0.252. The van der Waals surface area contributed by atoms with Gasteiger partial charge in [-0.25, -0.2) is 4.98 Å². The second-order valence-electron chi connectivity index (χ2n) is 7.68. The molecule has 0 amide bonds. The molecule has 0 bridgehead atoms. The Morgan fingerprint density at radius 2 is 1.77 bits per heavy atom. The average molecular weight is 468 g/mol. The van der Waals surface area contributed by atoms with Gasteiger partial charge in [-0.2, -0.15) is 0 Å². The lowest BCUT2D eigenvalue weighted by molar-refractivity contribution is 0.185. The summed E-state index contributed by atoms with van der Waals surface area (Å²) in [5, 5.41) is 12.9. The quantitative estimate of drug-likeness (QED) is 0.536. The molecule has 0 radical (unpaired) electrons. The van der Waals surface area contributed by atoms with Gasteiger partial charge in [0.05, 0.1) is 16.5 Å². The highest BCUT2D eigenvalue weighted by molar-refractivity contribution is 7.17. The molecule has 3 heterocycles. The molecule has 2 aromatic heterocycles. The fourth-order valence-electron chi connectivity index (χ4n) is 3.81. The van der Waals surface area contributed by atoms with Crippen LogP contribution >= 0.6 is 36.2 Å². The van der Waals surface area contributed by atoms with Gasteiger partial charge in [0, 0.05) is 31.7 Å². The van der Waals surface area contributed by atoms with Crippen LogP contribution in [0.5, 0.6) is 0 Å². The molecule has 30 heavy (non-hydrogen) atoms. The predicted molar refractivity (Wildman–Crippen MR) is 134 cm³/mol. The maximum atomic E-state index is 9.50. The molecule has 4 rings (SSSR count). The summed E-state index contributed by atoms with van der Waals surface area (Å²) in [5.41, 5.74) is 3.46. The van der Waals surface area contributed by atoms with Crippen LogP contribution in [0, 0.1) is 0 Å². The van der Waals surface area contributed by atoms with Crippen molar-refractivity contribution in [2.75, 3.05) is 37.6 Å². The number of benzene rings is 1. The number of hydrogen-bond acceptors (Lipinski definition) is 5. The highest BCUT2D eigenvalue weighted by atomic mass is 35.5. The number of piperazine rings is 1. The molecular weight excluding hydrogens is 437 g/mol. The lowest BCUT2D eigenvalue weighted by Gasteiger charge is -2.35. The summed E-state index contributed by atoms with van der Waals surface area (Å²) in [5.74, 6) is 1.14. The molecule has 0 aliphatic carbocycles. The number of nitrogens with zero attached hydrogens (tertiary/aromatic N) is 3. The maximum Gasteiger partial charge on any atom is 0.147 e. The summed E-state index contributed by atoms with van der Waals surface area (Å²) in [6.45, 7) is 9.48. The molecule has 0 saturated carbocycles. The first-order valence-corrected chi connectivity index (χ1v) is 11.1. The Morgan fingerprint density at radius 3 is 2.40 bits per heavy atom. The van der Waals surface area contributed by atoms with Crippen LogP contribution in [0.3, 0.4) is 0 Å². The van der Waals surface area contributed by atoms with Crippen molar-refractivity contribution < 1.29 is 5.11 Å². The van der Waals surface area contributed by atoms with Gasteiger partial charge in [0.25, 0.3) is 0 Å². The van der Waals surface area contributed by atoms with Crippen LogP contribution < -0.4 is 4.90 Å². The van der Waals surface area contributed by atoms with Crippen molar-refractivity contribution in [1.29, 1.82) is 0 Å². The summed E-state index contributed by atoms with van der Waals surface area (Å²) in [6, 6.07) is 13.1. The van der Waals surface area contributed by atoms with E-state index in [0.717, 1.165) is 62.6 Å². The molecule has 1 fully saturated rings. The van der Waals surface area contributed by atoms with E-state index in [1.54, 1.807) is 11.3 Å². The number of fused-ring (bicyclic) bond motifs is 1. The van der Waals surface area contributed by atoms with Crippen LogP contribution in [-0.4, -0.2) is 53.8 Å². The van der Waals surface area contributed by atoms with Crippen molar-refractivity contribution in [3.05, 3.63) is 47.3 Å². The normalized spacial score (nSPS) is 15.5. The van der Waals surface area contributed by atoms with E-state index in [0.29, 0.717) is 0 Å². The van der Waals surface area contributed by atoms with Crippen molar-refractivity contribution in [2.45, 2.75) is 32.8 Å². The fraction of sp³-hybridized carbons (Fsp3) is 0.435. The second kappa shape index (κ2) is 11.3. The number of hydrogen-bond donors (Lipinski definition) is 1. The second-order valence-corrected chi connectivity index (χ2v) is 8.59. The Hall–Kier alpha value is -1.37. The molecule has 1 unspecified atom stereocenters. The Morgan fingerprint density at radius 1 is 1.07 bits per heavy atom. The van der Waals surface area contributed by atoms with Gasteiger partial charge in [-0.1, -0.05) is 31.2 Å². The Bertz CT molecular complexity index is 922. The van der Waals surface area contributed by atoms with Crippen LogP contribution in [0.4, 0.5) is 5.82 Å². The molecule has 0 spiro atoms. The van der Waals surface area contributed by atoms with Crippen molar-refractivity contribution in [3.8, 4) is 11.3 Å². The number of aryl methyl sites for hydroxylation is 1. The van der Waals surface area contributed by atoms with E-state index in [-0.39, 0.29) is 30.9 Å². The van der Waals surface area contributed by atoms with E-state index in [1.807, 2.05) is 6.92 Å². The van der Waals surface area contributed by atoms with E-state index < -0.39 is 0 Å². The maximum absolute atomic E-state index is 9.50. The van der Waals surface area contributed by atoms with Gasteiger partial charge in [0.2, 0.25) is 0 Å². The predicted octanol–water partition coefficient (Wildman–Crippen LogP) is 5.26. The van der Waals surface area contributed by atoms with Crippen LogP contribution in [0.25, 0.3) is 21.3 Å². The number of aliphatic hydroxyl groups is 1. The standard InChI is InChI=1S/C23H29N3OS.2ClH/c1-3-25-11-13-26(14-12-25)23-22-20(10-15-28-22)16-21(24-23)19-8-6-18(7-9-19)5-4-17(2)27;;/h6-10,15-17,27H,3-5,11-14H2,1-2H3;2*1H. The number of halogens is 2. The molecule has 1 saturated heterocycles. The smallest absolute Gasteiger partial charge is 0.147 e. The first-order valence-electron chi connectivity index (χ1n) is 10.3. The molecule has 1 aliphatic rings. The van der Waals surface area contributed by atoms with Gasteiger partial charge < -0.3 is 14.9 Å². The van der Waals surface area contributed by atoms with Crippen molar-refractivity contribution in [2.24, 2.45) is 0 Å². The van der Waals surface area contributed by atoms with Crippen molar-refractivity contribution in [1.82, 2.24) is 9.88 Å². The number of anilines is 1. The topological polar surface area (TPSA) is 39.6 Å². The number of aromatic nitrogens is 1. The molecule has 1 aromatic carbocycles. The van der Waals surface area contributed by atoms with Crippen molar-refractivity contribution >= 4 is 52.1 Å². The average Bonchev–Trinajstić information content (AvgIpc) is 3.21. The minimum absolute atomic E-state index is 0. The molecule has 3 aromatic rings. The summed E-state index contributed by atoms with van der Waals surface area (Å²) in [6.07, 6.45) is 1.45. The van der Waals surface area contributed by atoms with Gasteiger partial charge >= 0.3 is 0 Å². The molecule has 1 N–H and O–H groups in total. The van der Waals surface area contributed by atoms with Crippen LogP contribution in [0.1, 0.15) is 25.8 Å². The van der Waals surface area contributed by atoms with E-state index in [4.69, 9.17) is 4.98 Å². The van der Waals surface area contributed by atoms with E-state index >= 15 is 0 Å². The number of aliphatic hydroxyl groups excluding tert-OH is 1. The zero-order valence-corrected chi connectivity index (χ0v) is 20.0. The van der Waals surface area contributed by atoms with Gasteiger partial charge in [-0.15, -0.1) is 36.2 Å². The summed E-state index contributed by atoms with van der Waals surface area (Å²) < 4.78 is 1.29. The monoisotopic (exact) mass is 467 g/mol. The summed E-state index contributed by atoms with van der Waals surface area (Å²) in [7, 11) is 0. The summed E-state index contributed by atoms with van der Waals surface area (Å²) in [4.78, 5) is 10.0. The van der Waals surface area contributed by atoms with Gasteiger partial charge in [0.15, 0.2) is 0 Å². The lowest BCUT2D eigenvalue weighted by Crippen LogP contribution is -2.46. The molecule has 1 aliphatic heterocycles. The third-order valence-electron chi connectivity index (χ3n) is 5.64. The molecular formula is C23H31Cl2N3OS. The third-order valence-corrected chi connectivity index (χ3v) is 6.56. The number of thiophene rings is 1.